The highest BCUT2D eigenvalue weighted by molar-refractivity contribution is 5.56. The van der Waals surface area contributed by atoms with Crippen LogP contribution in [0.2, 0.25) is 0 Å². The van der Waals surface area contributed by atoms with Crippen LogP contribution in [0.1, 0.15) is 34.6 Å². The molecule has 0 aromatic rings. The highest BCUT2D eigenvalue weighted by Crippen LogP contribution is 2.27. The molecule has 0 unspecified atom stereocenters. The fraction of sp³-hybridized carbons (Fsp3) is 0.333. The summed E-state index contributed by atoms with van der Waals surface area (Å²) >= 11 is 0. The first-order valence-corrected chi connectivity index (χ1v) is 5.27. The molecule has 82 valence electrons. The molecule has 0 saturated carbocycles. The minimum atomic E-state index is 1.08. The lowest BCUT2D eigenvalue weighted by Gasteiger charge is -2.14. The molecule has 0 radical (unpaired) electrons. The molecule has 0 rings (SSSR count). The molecule has 0 aliphatic heterocycles. The Bertz CT molecular complexity index is 346. The van der Waals surface area contributed by atoms with E-state index in [4.69, 9.17) is 0 Å². The van der Waals surface area contributed by atoms with Crippen LogP contribution >= 0.6 is 0 Å². The Hall–Kier alpha value is -1.30. The summed E-state index contributed by atoms with van der Waals surface area (Å²) in [6, 6.07) is 0. The van der Waals surface area contributed by atoms with E-state index in [1.165, 1.54) is 16.7 Å². The summed E-state index contributed by atoms with van der Waals surface area (Å²) in [7, 11) is 0. The molecule has 0 aliphatic carbocycles. The molecule has 0 aromatic heterocycles. The molecule has 15 heavy (non-hydrogen) atoms. The standard InChI is InChI=1S/C15H22/c1-8-10-13(7)15(12(5)6)14(9-2)11(3)4/h8-10H,3,5H2,1-2,4,6-7H3/b10-8-,14-9-,15-13+. The third kappa shape index (κ3) is 3.75. The topological polar surface area (TPSA) is 0 Å². The summed E-state index contributed by atoms with van der Waals surface area (Å²) in [5.74, 6) is 0. The summed E-state index contributed by atoms with van der Waals surface area (Å²) in [5, 5.41) is 0. The van der Waals surface area contributed by atoms with Crippen molar-refractivity contribution in [3.8, 4) is 0 Å². The molecular formula is C15H22. The summed E-state index contributed by atoms with van der Waals surface area (Å²) < 4.78 is 0. The molecule has 0 atom stereocenters. The lowest BCUT2D eigenvalue weighted by atomic mass is 9.91. The zero-order valence-electron chi connectivity index (χ0n) is 10.6. The third-order valence-corrected chi connectivity index (χ3v) is 2.26. The molecular weight excluding hydrogens is 180 g/mol. The van der Waals surface area contributed by atoms with Crippen LogP contribution in [0.25, 0.3) is 0 Å². The molecule has 0 aliphatic rings. The molecule has 0 N–H and O–H groups in total. The lowest BCUT2D eigenvalue weighted by Crippen LogP contribution is -1.95. The van der Waals surface area contributed by atoms with Gasteiger partial charge in [-0.2, -0.15) is 0 Å². The second-order valence-corrected chi connectivity index (χ2v) is 3.82. The van der Waals surface area contributed by atoms with Crippen LogP contribution in [0, 0.1) is 0 Å². The Morgan fingerprint density at radius 1 is 0.933 bits per heavy atom. The Morgan fingerprint density at radius 2 is 1.47 bits per heavy atom. The van der Waals surface area contributed by atoms with Gasteiger partial charge in [0.15, 0.2) is 0 Å². The smallest absolute Gasteiger partial charge is 0.0132 e. The molecule has 0 nitrogen and oxygen atoms in total. The molecule has 0 spiro atoms. The molecule has 0 amide bonds. The monoisotopic (exact) mass is 202 g/mol. The number of rotatable bonds is 4. The molecule has 0 saturated heterocycles. The van der Waals surface area contributed by atoms with Gasteiger partial charge >= 0.3 is 0 Å². The highest BCUT2D eigenvalue weighted by atomic mass is 14.1. The van der Waals surface area contributed by atoms with Gasteiger partial charge in [0.2, 0.25) is 0 Å². The predicted molar refractivity (Wildman–Crippen MR) is 70.9 cm³/mol. The van der Waals surface area contributed by atoms with Gasteiger partial charge in [-0.05, 0) is 51.3 Å². The first kappa shape index (κ1) is 13.7. The second kappa shape index (κ2) is 6.23. The van der Waals surface area contributed by atoms with Gasteiger partial charge in [0.1, 0.15) is 0 Å². The fourth-order valence-corrected chi connectivity index (χ4v) is 1.72. The Kier molecular flexibility index (Phi) is 5.69. The van der Waals surface area contributed by atoms with Crippen LogP contribution in [0.15, 0.2) is 59.3 Å². The van der Waals surface area contributed by atoms with Crippen molar-refractivity contribution in [3.05, 3.63) is 59.3 Å². The van der Waals surface area contributed by atoms with Crippen molar-refractivity contribution >= 4 is 0 Å². The van der Waals surface area contributed by atoms with Gasteiger partial charge < -0.3 is 0 Å². The van der Waals surface area contributed by atoms with Crippen LogP contribution < -0.4 is 0 Å². The van der Waals surface area contributed by atoms with Crippen molar-refractivity contribution in [3.63, 3.8) is 0 Å². The van der Waals surface area contributed by atoms with Crippen LogP contribution in [-0.4, -0.2) is 0 Å². The van der Waals surface area contributed by atoms with Gasteiger partial charge in [0.25, 0.3) is 0 Å². The van der Waals surface area contributed by atoms with E-state index in [0.29, 0.717) is 0 Å². The van der Waals surface area contributed by atoms with Crippen molar-refractivity contribution in [2.75, 3.05) is 0 Å². The summed E-state index contributed by atoms with van der Waals surface area (Å²) in [6.07, 6.45) is 6.25. The average molecular weight is 202 g/mol. The molecule has 0 bridgehead atoms. The maximum absolute atomic E-state index is 4.04. The van der Waals surface area contributed by atoms with Crippen LogP contribution in [0.3, 0.4) is 0 Å². The fourth-order valence-electron chi connectivity index (χ4n) is 1.72. The minimum Gasteiger partial charge on any atom is -0.0955 e. The van der Waals surface area contributed by atoms with Gasteiger partial charge in [0.05, 0.1) is 0 Å². The highest BCUT2D eigenvalue weighted by Gasteiger charge is 2.08. The van der Waals surface area contributed by atoms with E-state index in [9.17, 15) is 0 Å². The number of hydrogen-bond acceptors (Lipinski definition) is 0. The molecule has 0 heterocycles. The minimum absolute atomic E-state index is 1.08. The van der Waals surface area contributed by atoms with Gasteiger partial charge in [-0.15, -0.1) is 0 Å². The summed E-state index contributed by atoms with van der Waals surface area (Å²) in [6.45, 7) is 18.3. The van der Waals surface area contributed by atoms with Crippen molar-refractivity contribution in [1.29, 1.82) is 0 Å². The van der Waals surface area contributed by atoms with E-state index in [0.717, 1.165) is 11.1 Å². The number of hydrogen-bond donors (Lipinski definition) is 0. The van der Waals surface area contributed by atoms with E-state index < -0.39 is 0 Å². The van der Waals surface area contributed by atoms with Gasteiger partial charge in [-0.25, -0.2) is 0 Å². The SMILES string of the molecule is C=C(C)C(=C/C)/C(C(=C)C)=C(C)/C=C\C. The van der Waals surface area contributed by atoms with Gasteiger partial charge in [0, 0.05) is 0 Å². The van der Waals surface area contributed by atoms with Crippen LogP contribution in [0.4, 0.5) is 0 Å². The summed E-state index contributed by atoms with van der Waals surface area (Å²) in [5.41, 5.74) is 5.81. The van der Waals surface area contributed by atoms with Crippen molar-refractivity contribution in [2.45, 2.75) is 34.6 Å². The average Bonchev–Trinajstić information content (AvgIpc) is 2.12. The zero-order valence-corrected chi connectivity index (χ0v) is 10.6. The van der Waals surface area contributed by atoms with E-state index >= 15 is 0 Å². The molecule has 0 aromatic carbocycles. The van der Waals surface area contributed by atoms with E-state index in [1.54, 1.807) is 0 Å². The maximum atomic E-state index is 4.04. The largest absolute Gasteiger partial charge is 0.0955 e. The van der Waals surface area contributed by atoms with E-state index in [1.807, 2.05) is 33.8 Å². The first-order valence-electron chi connectivity index (χ1n) is 5.27. The Labute approximate surface area is 94.4 Å². The summed E-state index contributed by atoms with van der Waals surface area (Å²) in [4.78, 5) is 0. The first-order chi connectivity index (χ1) is 6.95. The van der Waals surface area contributed by atoms with E-state index in [-0.39, 0.29) is 0 Å². The third-order valence-electron chi connectivity index (χ3n) is 2.26. The lowest BCUT2D eigenvalue weighted by molar-refractivity contribution is 1.26. The molecule has 0 heteroatoms. The Balaban J connectivity index is 5.62. The normalized spacial score (nSPS) is 14.1. The quantitative estimate of drug-likeness (QED) is 0.564. The van der Waals surface area contributed by atoms with E-state index in [2.05, 4.69) is 32.2 Å². The maximum Gasteiger partial charge on any atom is -0.0132 e. The van der Waals surface area contributed by atoms with Gasteiger partial charge in [-0.3, -0.25) is 0 Å². The van der Waals surface area contributed by atoms with Crippen molar-refractivity contribution in [1.82, 2.24) is 0 Å². The number of allylic oxidation sites excluding steroid dienone is 8. The Morgan fingerprint density at radius 3 is 1.73 bits per heavy atom. The zero-order chi connectivity index (χ0) is 12.0. The molecule has 0 fully saturated rings. The van der Waals surface area contributed by atoms with Crippen LogP contribution in [-0.2, 0) is 0 Å². The van der Waals surface area contributed by atoms with Gasteiger partial charge in [-0.1, -0.05) is 42.5 Å². The predicted octanol–water partition coefficient (Wildman–Crippen LogP) is 4.98. The van der Waals surface area contributed by atoms with Crippen LogP contribution in [0.5, 0.6) is 0 Å². The second-order valence-electron chi connectivity index (χ2n) is 3.82. The van der Waals surface area contributed by atoms with Crippen molar-refractivity contribution in [2.24, 2.45) is 0 Å². The van der Waals surface area contributed by atoms with Crippen molar-refractivity contribution < 1.29 is 0 Å².